The first-order chi connectivity index (χ1) is 36.5. The van der Waals surface area contributed by atoms with E-state index in [2.05, 4.69) is 88.9 Å². The van der Waals surface area contributed by atoms with Gasteiger partial charge in [-0.1, -0.05) is 128 Å². The molecule has 4 aliphatic rings. The van der Waals surface area contributed by atoms with Crippen LogP contribution in [0.1, 0.15) is 146 Å². The maximum atomic E-state index is 11.6. The molecule has 1 saturated heterocycles. The zero-order chi connectivity index (χ0) is 55.4. The molecule has 0 amide bonds. The summed E-state index contributed by atoms with van der Waals surface area (Å²) in [7, 11) is 11.3. The van der Waals surface area contributed by atoms with Gasteiger partial charge in [0.25, 0.3) is 6.08 Å². The zero-order valence-electron chi connectivity index (χ0n) is 45.5. The number of hydrogen-bond donors (Lipinski definition) is 0. The average molecular weight is 1200 g/mol. The van der Waals surface area contributed by atoms with Gasteiger partial charge in [-0.15, -0.1) is 0 Å². The van der Waals surface area contributed by atoms with Gasteiger partial charge < -0.3 is 9.80 Å². The summed E-state index contributed by atoms with van der Waals surface area (Å²) in [5, 5.41) is 0. The van der Waals surface area contributed by atoms with E-state index >= 15 is 0 Å². The van der Waals surface area contributed by atoms with Crippen molar-refractivity contribution < 1.29 is 39.9 Å². The molecule has 76 heavy (non-hydrogen) atoms. The second-order valence-corrected chi connectivity index (χ2v) is 29.4. The van der Waals surface area contributed by atoms with Crippen LogP contribution in [0.2, 0.25) is 0 Å². The van der Waals surface area contributed by atoms with Crippen LogP contribution in [0.5, 0.6) is 0 Å². The van der Waals surface area contributed by atoms with E-state index in [0.29, 0.717) is 5.56 Å². The molecule has 1 heterocycles. The summed E-state index contributed by atoms with van der Waals surface area (Å²) < 4.78 is 66.2. The van der Waals surface area contributed by atoms with Crippen LogP contribution in [-0.4, -0.2) is 34.7 Å². The van der Waals surface area contributed by atoms with Crippen molar-refractivity contribution in [1.29, 1.82) is 0 Å². The monoisotopic (exact) mass is 1190 g/mol. The maximum absolute atomic E-state index is 11.6. The molecule has 3 saturated carbocycles. The molecule has 0 spiro atoms. The SMILES string of the molecule is C1CCC([PH+](C2CCCCC2)C2CCCCC2)CC1.C=Cc1ccccc1.Cc1cc(C)c(N2[CH-]N(c3c(C)cc(C)cc3C)CC2)c(C)c1.FC(F)=C(F)F.FC(F)=Cc1ccccc1.[Cl][Ru]([Cl])=[CH]c1ccccc1. The molecule has 0 radical (unpaired) electrons. The van der Waals surface area contributed by atoms with Gasteiger partial charge in [0.05, 0.1) is 17.0 Å². The van der Waals surface area contributed by atoms with Crippen LogP contribution in [0.4, 0.5) is 37.7 Å². The van der Waals surface area contributed by atoms with Crippen LogP contribution in [0.15, 0.2) is 140 Å². The Morgan fingerprint density at radius 1 is 0.500 bits per heavy atom. The minimum absolute atomic E-state index is 0.0465. The number of anilines is 2. The molecule has 0 N–H and O–H groups in total. The Labute approximate surface area is 467 Å². The third-order valence-electron chi connectivity index (χ3n) is 14.2. The van der Waals surface area contributed by atoms with E-state index in [1.807, 2.05) is 71.3 Å². The van der Waals surface area contributed by atoms with Gasteiger partial charge in [-0.05, 0) is 152 Å². The molecule has 4 fully saturated rings. The van der Waals surface area contributed by atoms with Crippen molar-refractivity contribution in [2.45, 2.75) is 155 Å². The molecule has 0 bridgehead atoms. The predicted molar refractivity (Wildman–Crippen MR) is 317 cm³/mol. The summed E-state index contributed by atoms with van der Waals surface area (Å²) in [6.45, 7) is 21.2. The van der Waals surface area contributed by atoms with Crippen molar-refractivity contribution in [2.75, 3.05) is 22.9 Å². The fourth-order valence-electron chi connectivity index (χ4n) is 11.3. The number of hydrogen-bond acceptors (Lipinski definition) is 2. The molecule has 3 aliphatic carbocycles. The van der Waals surface area contributed by atoms with Crippen LogP contribution in [0.25, 0.3) is 12.2 Å². The number of halogens is 8. The topological polar surface area (TPSA) is 6.48 Å². The van der Waals surface area contributed by atoms with Gasteiger partial charge in [-0.3, -0.25) is 0 Å². The van der Waals surface area contributed by atoms with Gasteiger partial charge in [0.2, 0.25) is 0 Å². The summed E-state index contributed by atoms with van der Waals surface area (Å²) in [5.41, 5.74) is 17.3. The van der Waals surface area contributed by atoms with Crippen molar-refractivity contribution >= 4 is 55.4 Å². The van der Waals surface area contributed by atoms with Gasteiger partial charge in [-0.2, -0.15) is 33.0 Å². The first-order valence-corrected chi connectivity index (χ1v) is 34.1. The molecule has 12 heteroatoms. The summed E-state index contributed by atoms with van der Waals surface area (Å²) in [4.78, 5) is 4.81. The van der Waals surface area contributed by atoms with Crippen LogP contribution in [0, 0.1) is 48.2 Å². The Morgan fingerprint density at radius 3 is 1.09 bits per heavy atom. The number of benzene rings is 5. The molecule has 5 aromatic rings. The zero-order valence-corrected chi connectivity index (χ0v) is 49.8. The van der Waals surface area contributed by atoms with Gasteiger partial charge in [0.15, 0.2) is 0 Å². The molecule has 5 aromatic carbocycles. The van der Waals surface area contributed by atoms with E-state index in [1.165, 1.54) is 67.3 Å². The van der Waals surface area contributed by atoms with E-state index in [0.717, 1.165) is 24.7 Å². The molecule has 416 valence electrons. The first kappa shape index (κ1) is 64.5. The van der Waals surface area contributed by atoms with Crippen molar-refractivity contribution in [2.24, 2.45) is 0 Å². The summed E-state index contributed by atoms with van der Waals surface area (Å²) in [6.07, 6.45) is 19.0. The second-order valence-electron chi connectivity index (χ2n) is 20.2. The van der Waals surface area contributed by atoms with Crippen LogP contribution >= 0.6 is 27.3 Å². The molecule has 2 nitrogen and oxygen atoms in total. The average Bonchev–Trinajstić information content (AvgIpc) is 3.88. The van der Waals surface area contributed by atoms with Crippen molar-refractivity contribution in [3.05, 3.63) is 197 Å². The quantitative estimate of drug-likeness (QED) is 0.0661. The van der Waals surface area contributed by atoms with Gasteiger partial charge in [-0.25, -0.2) is 0 Å². The molecule has 0 atom stereocenters. The van der Waals surface area contributed by atoms with E-state index in [1.54, 1.807) is 127 Å². The molecule has 1 aliphatic heterocycles. The molecular formula is C64H81Cl2F6N2PRu. The summed E-state index contributed by atoms with van der Waals surface area (Å²) in [5.74, 6) is 0. The minimum atomic E-state index is -2.91. The van der Waals surface area contributed by atoms with E-state index < -0.39 is 31.8 Å². The van der Waals surface area contributed by atoms with Crippen LogP contribution in [-0.2, 0) is 13.5 Å². The second kappa shape index (κ2) is 35.5. The van der Waals surface area contributed by atoms with Crippen LogP contribution in [0.3, 0.4) is 0 Å². The van der Waals surface area contributed by atoms with Crippen molar-refractivity contribution in [3.8, 4) is 0 Å². The van der Waals surface area contributed by atoms with E-state index in [9.17, 15) is 26.3 Å². The Hall–Kier alpha value is -4.00. The number of aryl methyl sites for hydroxylation is 6. The summed E-state index contributed by atoms with van der Waals surface area (Å²) >= 11 is -1.61. The van der Waals surface area contributed by atoms with Crippen molar-refractivity contribution in [1.82, 2.24) is 0 Å². The molecular weight excluding hydrogens is 1110 g/mol. The Bertz CT molecular complexity index is 2330. The predicted octanol–water partition coefficient (Wildman–Crippen LogP) is 21.2. The third-order valence-corrected chi connectivity index (χ3v) is 20.6. The normalized spacial score (nSPS) is 15.8. The Morgan fingerprint density at radius 2 is 0.816 bits per heavy atom. The molecule has 0 aromatic heterocycles. The van der Waals surface area contributed by atoms with Gasteiger partial charge in [0.1, 0.15) is 0 Å². The first-order valence-electron chi connectivity index (χ1n) is 26.9. The third kappa shape index (κ3) is 23.5. The van der Waals surface area contributed by atoms with E-state index in [4.69, 9.17) is 19.4 Å². The fourth-order valence-corrected chi connectivity index (χ4v) is 18.3. The van der Waals surface area contributed by atoms with E-state index in [-0.39, 0.29) is 7.92 Å². The van der Waals surface area contributed by atoms with Crippen molar-refractivity contribution in [3.63, 3.8) is 0 Å². The van der Waals surface area contributed by atoms with Crippen LogP contribution < -0.4 is 9.80 Å². The Balaban J connectivity index is 0.000000210. The molecule has 9 rings (SSSR count). The molecule has 0 unspecified atom stereocenters. The van der Waals surface area contributed by atoms with Gasteiger partial charge >= 0.3 is 85.6 Å². The standard InChI is InChI=1S/C21H27N2.C18H33P.C8H6F2.C8H8.C7H6.C2F4.2ClH.Ru/c1-14-9-16(3)20(17(4)10-14)22-7-8-23(13-22)21-18(5)11-15(2)12-19(21)6;1-4-10-16(11-5-1)19(17-12-6-2-7-13-17)18-14-8-3-9-15-18;9-8(10)6-7-4-2-1-3-5-7;1-2-8-6-4-3-5-7-8;1-7-5-3-2-4-6-7;3-1(4)2(5)6;;;/h9-13H,7-8H2,1-6H3;16-18H,1-15H2;1-6H;2-7H,1H2;1-6H;;2*1H;/q-1;;;;;;;;+2/p-1. The fraction of sp³-hybridized carbons (Fsp3) is 0.406. The Kier molecular flexibility index (Phi) is 30.1. The number of nitrogens with zero attached hydrogens (tertiary/aromatic N) is 2. The summed E-state index contributed by atoms with van der Waals surface area (Å²) in [6, 6.07) is 37.5. The van der Waals surface area contributed by atoms with Gasteiger partial charge in [0, 0.05) is 38.5 Å². The number of rotatable bonds is 8.